The first-order valence-electron chi connectivity index (χ1n) is 5.93. The molecule has 1 aromatic carbocycles. The van der Waals surface area contributed by atoms with Crippen LogP contribution >= 0.6 is 11.5 Å². The molecule has 0 bridgehead atoms. The Kier molecular flexibility index (Phi) is 3.19. The fourth-order valence-corrected chi connectivity index (χ4v) is 2.54. The molecule has 5 nitrogen and oxygen atoms in total. The molecule has 102 valence electrons. The average Bonchev–Trinajstić information content (AvgIpc) is 3.00. The van der Waals surface area contributed by atoms with Gasteiger partial charge in [0.25, 0.3) is 5.89 Å². The zero-order chi connectivity index (χ0) is 14.1. The average molecular weight is 290 g/mol. The SMILES string of the molecule is Cc1nsc(N)c1-c1nc(Cc2ccccc2F)no1. The van der Waals surface area contributed by atoms with Crippen LogP contribution in [-0.2, 0) is 6.42 Å². The molecule has 3 rings (SSSR count). The molecule has 0 radical (unpaired) electrons. The molecular weight excluding hydrogens is 279 g/mol. The summed E-state index contributed by atoms with van der Waals surface area (Å²) in [6.07, 6.45) is 0.271. The van der Waals surface area contributed by atoms with Gasteiger partial charge >= 0.3 is 0 Å². The summed E-state index contributed by atoms with van der Waals surface area (Å²) in [6.45, 7) is 1.82. The van der Waals surface area contributed by atoms with Crippen molar-refractivity contribution in [2.24, 2.45) is 0 Å². The Hall–Kier alpha value is -2.28. The van der Waals surface area contributed by atoms with E-state index >= 15 is 0 Å². The molecule has 0 fully saturated rings. The number of aromatic nitrogens is 3. The van der Waals surface area contributed by atoms with Gasteiger partial charge < -0.3 is 10.3 Å². The standard InChI is InChI=1S/C13H11FN4OS/c1-7-11(12(15)20-18-7)13-16-10(17-19-13)6-8-4-2-3-5-9(8)14/h2-5H,6,15H2,1H3. The van der Waals surface area contributed by atoms with Gasteiger partial charge in [0.05, 0.1) is 11.3 Å². The lowest BCUT2D eigenvalue weighted by atomic mass is 10.1. The van der Waals surface area contributed by atoms with Crippen LogP contribution in [0.5, 0.6) is 0 Å². The number of benzene rings is 1. The quantitative estimate of drug-likeness (QED) is 0.802. The van der Waals surface area contributed by atoms with Gasteiger partial charge in [0, 0.05) is 6.42 Å². The second-order valence-electron chi connectivity index (χ2n) is 4.29. The number of halogens is 1. The maximum atomic E-state index is 13.6. The van der Waals surface area contributed by atoms with Gasteiger partial charge in [0.15, 0.2) is 5.82 Å². The van der Waals surface area contributed by atoms with Crippen LogP contribution in [0.3, 0.4) is 0 Å². The Bertz CT molecular complexity index is 733. The molecule has 0 unspecified atom stereocenters. The third-order valence-corrected chi connectivity index (χ3v) is 3.64. The van der Waals surface area contributed by atoms with E-state index in [-0.39, 0.29) is 12.2 Å². The van der Waals surface area contributed by atoms with Crippen molar-refractivity contribution >= 4 is 16.5 Å². The molecule has 20 heavy (non-hydrogen) atoms. The Balaban J connectivity index is 1.90. The lowest BCUT2D eigenvalue weighted by Crippen LogP contribution is -1.94. The summed E-state index contributed by atoms with van der Waals surface area (Å²) in [7, 11) is 0. The molecule has 2 N–H and O–H groups in total. The van der Waals surface area contributed by atoms with Gasteiger partial charge in [0.2, 0.25) is 0 Å². The fourth-order valence-electron chi connectivity index (χ4n) is 1.89. The van der Waals surface area contributed by atoms with Crippen molar-refractivity contribution in [3.63, 3.8) is 0 Å². The van der Waals surface area contributed by atoms with Gasteiger partial charge in [-0.1, -0.05) is 23.4 Å². The van der Waals surface area contributed by atoms with Crippen molar-refractivity contribution in [1.82, 2.24) is 14.5 Å². The highest BCUT2D eigenvalue weighted by Gasteiger charge is 2.18. The van der Waals surface area contributed by atoms with Crippen molar-refractivity contribution in [2.45, 2.75) is 13.3 Å². The number of aryl methyl sites for hydroxylation is 1. The monoisotopic (exact) mass is 290 g/mol. The molecule has 2 heterocycles. The number of nitrogens with two attached hydrogens (primary N) is 1. The summed E-state index contributed by atoms with van der Waals surface area (Å²) in [5.74, 6) is 0.446. The molecule has 0 aliphatic carbocycles. The van der Waals surface area contributed by atoms with Crippen molar-refractivity contribution in [3.8, 4) is 11.5 Å². The second-order valence-corrected chi connectivity index (χ2v) is 5.10. The highest BCUT2D eigenvalue weighted by Crippen LogP contribution is 2.31. The summed E-state index contributed by atoms with van der Waals surface area (Å²) < 4.78 is 22.9. The van der Waals surface area contributed by atoms with Gasteiger partial charge in [0.1, 0.15) is 10.8 Å². The Labute approximate surface area is 118 Å². The van der Waals surface area contributed by atoms with Crippen LogP contribution in [0.15, 0.2) is 28.8 Å². The number of hydrogen-bond acceptors (Lipinski definition) is 6. The van der Waals surface area contributed by atoms with Crippen molar-refractivity contribution in [1.29, 1.82) is 0 Å². The van der Waals surface area contributed by atoms with E-state index in [0.717, 1.165) is 5.69 Å². The van der Waals surface area contributed by atoms with E-state index in [1.807, 2.05) is 6.92 Å². The number of rotatable bonds is 3. The minimum absolute atomic E-state index is 0.271. The lowest BCUT2D eigenvalue weighted by Gasteiger charge is -1.97. The van der Waals surface area contributed by atoms with Gasteiger partial charge in [-0.3, -0.25) is 0 Å². The van der Waals surface area contributed by atoms with Crippen LogP contribution in [0.4, 0.5) is 9.39 Å². The van der Waals surface area contributed by atoms with E-state index in [2.05, 4.69) is 14.5 Å². The molecule has 0 aliphatic heterocycles. The Morgan fingerprint density at radius 3 is 2.85 bits per heavy atom. The Morgan fingerprint density at radius 2 is 2.15 bits per heavy atom. The lowest BCUT2D eigenvalue weighted by molar-refractivity contribution is 0.423. The normalized spacial score (nSPS) is 10.9. The molecule has 0 saturated heterocycles. The molecule has 0 atom stereocenters. The number of nitrogen functional groups attached to an aromatic ring is 1. The number of nitrogens with zero attached hydrogens (tertiary/aromatic N) is 3. The largest absolute Gasteiger partial charge is 0.389 e. The summed E-state index contributed by atoms with van der Waals surface area (Å²) in [6, 6.07) is 6.50. The van der Waals surface area contributed by atoms with Crippen LogP contribution in [0.25, 0.3) is 11.5 Å². The van der Waals surface area contributed by atoms with Gasteiger partial charge in [-0.15, -0.1) is 0 Å². The summed E-state index contributed by atoms with van der Waals surface area (Å²) in [5, 5.41) is 4.39. The molecule has 7 heteroatoms. The maximum absolute atomic E-state index is 13.6. The van der Waals surface area contributed by atoms with E-state index in [9.17, 15) is 4.39 Å². The van der Waals surface area contributed by atoms with E-state index in [0.29, 0.717) is 27.8 Å². The highest BCUT2D eigenvalue weighted by molar-refractivity contribution is 7.10. The third kappa shape index (κ3) is 2.27. The van der Waals surface area contributed by atoms with E-state index in [4.69, 9.17) is 10.3 Å². The first-order chi connectivity index (χ1) is 9.65. The summed E-state index contributed by atoms with van der Waals surface area (Å²) >= 11 is 1.18. The van der Waals surface area contributed by atoms with Crippen LogP contribution < -0.4 is 5.73 Å². The van der Waals surface area contributed by atoms with Gasteiger partial charge in [-0.2, -0.15) is 9.36 Å². The highest BCUT2D eigenvalue weighted by atomic mass is 32.1. The predicted octanol–water partition coefficient (Wildman–Crippen LogP) is 2.81. The molecule has 0 saturated carbocycles. The zero-order valence-corrected chi connectivity index (χ0v) is 11.4. The van der Waals surface area contributed by atoms with E-state index < -0.39 is 0 Å². The first kappa shape index (κ1) is 12.7. The molecular formula is C13H11FN4OS. The van der Waals surface area contributed by atoms with Crippen LogP contribution in [0.1, 0.15) is 17.1 Å². The second kappa shape index (κ2) is 5.01. The van der Waals surface area contributed by atoms with Crippen LogP contribution in [0, 0.1) is 12.7 Å². The molecule has 0 aliphatic rings. The van der Waals surface area contributed by atoms with Crippen LogP contribution in [0.2, 0.25) is 0 Å². The van der Waals surface area contributed by atoms with Crippen molar-refractivity contribution < 1.29 is 8.91 Å². The van der Waals surface area contributed by atoms with Gasteiger partial charge in [-0.05, 0) is 30.1 Å². The van der Waals surface area contributed by atoms with Gasteiger partial charge in [-0.25, -0.2) is 4.39 Å². The number of hydrogen-bond donors (Lipinski definition) is 1. The van der Waals surface area contributed by atoms with Crippen molar-refractivity contribution in [3.05, 3.63) is 47.2 Å². The van der Waals surface area contributed by atoms with Crippen molar-refractivity contribution in [2.75, 3.05) is 5.73 Å². The van der Waals surface area contributed by atoms with E-state index in [1.54, 1.807) is 18.2 Å². The summed E-state index contributed by atoms with van der Waals surface area (Å²) in [4.78, 5) is 4.25. The number of anilines is 1. The minimum atomic E-state index is -0.285. The Morgan fingerprint density at radius 1 is 1.35 bits per heavy atom. The fraction of sp³-hybridized carbons (Fsp3) is 0.154. The first-order valence-corrected chi connectivity index (χ1v) is 6.70. The topological polar surface area (TPSA) is 77.8 Å². The molecule has 0 spiro atoms. The maximum Gasteiger partial charge on any atom is 0.262 e. The van der Waals surface area contributed by atoms with E-state index in [1.165, 1.54) is 17.6 Å². The zero-order valence-electron chi connectivity index (χ0n) is 10.6. The minimum Gasteiger partial charge on any atom is -0.389 e. The van der Waals surface area contributed by atoms with Crippen LogP contribution in [-0.4, -0.2) is 14.5 Å². The molecule has 3 aromatic rings. The predicted molar refractivity (Wildman–Crippen MR) is 73.8 cm³/mol. The third-order valence-electron chi connectivity index (χ3n) is 2.88. The smallest absolute Gasteiger partial charge is 0.262 e. The molecule has 0 amide bonds. The molecule has 2 aromatic heterocycles. The summed E-state index contributed by atoms with van der Waals surface area (Å²) in [5.41, 5.74) is 7.75.